The van der Waals surface area contributed by atoms with Gasteiger partial charge in [0.2, 0.25) is 5.91 Å². The average molecular weight is 477 g/mol. The average Bonchev–Trinajstić information content (AvgIpc) is 3.46. The Morgan fingerprint density at radius 1 is 1.09 bits per heavy atom. The molecular formula is C27H29ClN4O2+. The van der Waals surface area contributed by atoms with Crippen LogP contribution >= 0.6 is 11.6 Å². The van der Waals surface area contributed by atoms with Crippen LogP contribution in [0.15, 0.2) is 60.9 Å². The van der Waals surface area contributed by atoms with Crippen molar-refractivity contribution in [2.45, 2.75) is 51.5 Å². The molecule has 6 nitrogen and oxygen atoms in total. The number of H-pyrrole nitrogens is 1. The quantitative estimate of drug-likeness (QED) is 0.350. The van der Waals surface area contributed by atoms with E-state index in [1.54, 1.807) is 13.1 Å². The van der Waals surface area contributed by atoms with Crippen molar-refractivity contribution in [2.75, 3.05) is 0 Å². The highest BCUT2D eigenvalue weighted by Crippen LogP contribution is 2.23. The summed E-state index contributed by atoms with van der Waals surface area (Å²) in [6.45, 7) is 1.62. The Labute approximate surface area is 204 Å². The highest BCUT2D eigenvalue weighted by molar-refractivity contribution is 6.31. The molecule has 1 atom stereocenters. The number of carbonyl (C=O) groups excluding carboxylic acids is 2. The van der Waals surface area contributed by atoms with Gasteiger partial charge >= 0.3 is 5.84 Å². The molecule has 34 heavy (non-hydrogen) atoms. The van der Waals surface area contributed by atoms with E-state index in [9.17, 15) is 9.59 Å². The number of aromatic nitrogens is 1. The minimum atomic E-state index is -0.240. The molecule has 4 rings (SSSR count). The van der Waals surface area contributed by atoms with E-state index < -0.39 is 0 Å². The van der Waals surface area contributed by atoms with Gasteiger partial charge in [-0.3, -0.25) is 4.79 Å². The van der Waals surface area contributed by atoms with E-state index in [1.807, 2.05) is 54.7 Å². The zero-order chi connectivity index (χ0) is 23.9. The van der Waals surface area contributed by atoms with Gasteiger partial charge in [-0.1, -0.05) is 54.8 Å². The number of hydrogen-bond acceptors (Lipinski definition) is 4. The number of fused-ring (bicyclic) bond motifs is 1. The van der Waals surface area contributed by atoms with Crippen molar-refractivity contribution in [2.24, 2.45) is 0 Å². The molecule has 0 saturated carbocycles. The molecule has 1 aromatic heterocycles. The molecule has 7 heteroatoms. The zero-order valence-electron chi connectivity index (χ0n) is 19.2. The Morgan fingerprint density at radius 2 is 1.91 bits per heavy atom. The maximum atomic E-state index is 13.0. The molecule has 1 aliphatic rings. The van der Waals surface area contributed by atoms with Crippen LogP contribution in [0.5, 0.6) is 0 Å². The lowest BCUT2D eigenvalue weighted by molar-refractivity contribution is -0.120. The summed E-state index contributed by atoms with van der Waals surface area (Å²) in [5.41, 5.74) is 3.81. The molecule has 0 aliphatic carbocycles. The number of amidine groups is 1. The van der Waals surface area contributed by atoms with Crippen molar-refractivity contribution in [3.63, 3.8) is 0 Å². The van der Waals surface area contributed by atoms with E-state index in [0.717, 1.165) is 59.2 Å². The first-order valence-electron chi connectivity index (χ1n) is 11.6. The molecule has 0 bridgehead atoms. The molecule has 2 aromatic carbocycles. The number of halogens is 1. The number of nitrogens with one attached hydrogen (secondary N) is 3. The maximum Gasteiger partial charge on any atom is 0.319 e. The van der Waals surface area contributed by atoms with Gasteiger partial charge in [0, 0.05) is 34.1 Å². The topological polar surface area (TPSA) is 88.1 Å². The largest absolute Gasteiger partial charge is 0.361 e. The van der Waals surface area contributed by atoms with E-state index in [2.05, 4.69) is 20.6 Å². The Bertz CT molecular complexity index is 1230. The van der Waals surface area contributed by atoms with Crippen LogP contribution in [0, 0.1) is 0 Å². The third kappa shape index (κ3) is 6.14. The normalized spacial score (nSPS) is 13.8. The summed E-state index contributed by atoms with van der Waals surface area (Å²) in [6, 6.07) is 15.4. The summed E-state index contributed by atoms with van der Waals surface area (Å²) in [5, 5.41) is 8.15. The maximum absolute atomic E-state index is 13.0. The minimum absolute atomic E-state index is 0.0766. The standard InChI is InChI=1S/C27H29ClN4O2/c1-18(33)8-4-2-7-11-24(27-30-17-25(32-27)19-9-5-3-6-10-19)31-26(34)14-20-16-29-23-13-12-21(28)15-22(20)23/h3,5-6,9-10,12-13,15-17,24,29,32H,2,4,7-8,11,14H2,1H3,(H,31,34)/q+1/t24-/m0/s1. The molecule has 0 fully saturated rings. The van der Waals surface area contributed by atoms with Crippen molar-refractivity contribution in [1.82, 2.24) is 20.6 Å². The number of Topliss-reactive ketones (excluding diaryl/α,β-unsaturated/α-hetero) is 1. The van der Waals surface area contributed by atoms with E-state index in [-0.39, 0.29) is 24.2 Å². The Hall–Kier alpha value is -3.38. The van der Waals surface area contributed by atoms with Gasteiger partial charge in [-0.25, -0.2) is 5.32 Å². The Balaban J connectivity index is 1.41. The van der Waals surface area contributed by atoms with Gasteiger partial charge in [-0.2, -0.15) is 0 Å². The predicted molar refractivity (Wildman–Crippen MR) is 137 cm³/mol. The second kappa shape index (κ2) is 11.2. The summed E-state index contributed by atoms with van der Waals surface area (Å²) >= 11 is 6.16. The van der Waals surface area contributed by atoms with Gasteiger partial charge in [0.25, 0.3) is 0 Å². The number of aliphatic imine (C=N–C) groups is 1. The highest BCUT2D eigenvalue weighted by atomic mass is 35.5. The smallest absolute Gasteiger partial charge is 0.319 e. The Morgan fingerprint density at radius 3 is 2.71 bits per heavy atom. The number of unbranched alkanes of at least 4 members (excludes halogenated alkanes) is 2. The summed E-state index contributed by atoms with van der Waals surface area (Å²) in [6.07, 6.45) is 7.93. The van der Waals surface area contributed by atoms with Gasteiger partial charge in [0.15, 0.2) is 11.9 Å². The molecule has 0 saturated heterocycles. The van der Waals surface area contributed by atoms with Crippen molar-refractivity contribution >= 4 is 45.7 Å². The van der Waals surface area contributed by atoms with Crippen molar-refractivity contribution in [3.05, 3.63) is 77.1 Å². The monoisotopic (exact) mass is 476 g/mol. The Kier molecular flexibility index (Phi) is 7.80. The van der Waals surface area contributed by atoms with Crippen LogP contribution in [0.2, 0.25) is 5.02 Å². The zero-order valence-corrected chi connectivity index (χ0v) is 20.0. The molecule has 0 unspecified atom stereocenters. The highest BCUT2D eigenvalue weighted by Gasteiger charge is 2.31. The van der Waals surface area contributed by atoms with Gasteiger partial charge in [-0.05, 0) is 48.5 Å². The summed E-state index contributed by atoms with van der Waals surface area (Å²) in [7, 11) is 0. The number of aromatic amines is 1. The number of ketones is 1. The molecule has 1 radical (unpaired) electrons. The molecule has 1 aliphatic heterocycles. The van der Waals surface area contributed by atoms with Gasteiger partial charge < -0.3 is 15.1 Å². The van der Waals surface area contributed by atoms with Crippen LogP contribution in [0.4, 0.5) is 0 Å². The fourth-order valence-corrected chi connectivity index (χ4v) is 4.34. The molecular weight excluding hydrogens is 448 g/mol. The van der Waals surface area contributed by atoms with Gasteiger partial charge in [0.05, 0.1) is 6.42 Å². The lowest BCUT2D eigenvalue weighted by atomic mass is 10.0. The SMILES string of the molecule is CC(=O)CCCCC[C@H](NC(=O)Cc1c[nH]c2ccc(Cl)cc12)C1=[N+]C=C(c2ccccc2)N1. The van der Waals surface area contributed by atoms with Crippen molar-refractivity contribution < 1.29 is 9.59 Å². The summed E-state index contributed by atoms with van der Waals surface area (Å²) in [5.74, 6) is 0.871. The molecule has 1 amide bonds. The number of hydrogen-bond donors (Lipinski definition) is 3. The lowest BCUT2D eigenvalue weighted by Crippen LogP contribution is -2.47. The van der Waals surface area contributed by atoms with Crippen LogP contribution in [0.3, 0.4) is 0 Å². The van der Waals surface area contributed by atoms with E-state index in [1.165, 1.54) is 0 Å². The van der Waals surface area contributed by atoms with Crippen LogP contribution in [-0.4, -0.2) is 28.6 Å². The second-order valence-electron chi connectivity index (χ2n) is 8.65. The van der Waals surface area contributed by atoms with E-state index in [0.29, 0.717) is 11.4 Å². The molecule has 0 spiro atoms. The van der Waals surface area contributed by atoms with E-state index in [4.69, 9.17) is 11.6 Å². The van der Waals surface area contributed by atoms with Crippen LogP contribution in [0.25, 0.3) is 16.6 Å². The predicted octanol–water partition coefficient (Wildman–Crippen LogP) is 4.72. The number of carbonyl (C=O) groups is 2. The second-order valence-corrected chi connectivity index (χ2v) is 9.09. The first kappa shape index (κ1) is 23.8. The van der Waals surface area contributed by atoms with Crippen molar-refractivity contribution in [1.29, 1.82) is 0 Å². The van der Waals surface area contributed by atoms with Crippen LogP contribution in [0.1, 0.15) is 50.2 Å². The molecule has 175 valence electrons. The van der Waals surface area contributed by atoms with E-state index >= 15 is 0 Å². The van der Waals surface area contributed by atoms with Crippen LogP contribution in [-0.2, 0) is 16.0 Å². The van der Waals surface area contributed by atoms with Crippen LogP contribution < -0.4 is 15.6 Å². The molecule has 2 heterocycles. The first-order chi connectivity index (χ1) is 16.5. The fourth-order valence-electron chi connectivity index (χ4n) is 4.17. The van der Waals surface area contributed by atoms with Gasteiger partial charge in [0.1, 0.15) is 11.8 Å². The number of nitrogens with zero attached hydrogens (tertiary/aromatic N) is 1. The number of benzene rings is 2. The minimum Gasteiger partial charge on any atom is -0.361 e. The fraction of sp³-hybridized carbons (Fsp3) is 0.296. The number of rotatable bonds is 11. The van der Waals surface area contributed by atoms with Gasteiger partial charge in [-0.15, -0.1) is 0 Å². The summed E-state index contributed by atoms with van der Waals surface area (Å²) in [4.78, 5) is 32.0. The summed E-state index contributed by atoms with van der Waals surface area (Å²) < 4.78 is 0. The molecule has 3 aromatic rings. The lowest BCUT2D eigenvalue weighted by Gasteiger charge is -2.15. The molecule has 3 N–H and O–H groups in total. The third-order valence-electron chi connectivity index (χ3n) is 5.95. The van der Waals surface area contributed by atoms with Crippen molar-refractivity contribution in [3.8, 4) is 0 Å². The first-order valence-corrected chi connectivity index (χ1v) is 12.0. The number of amides is 1. The third-order valence-corrected chi connectivity index (χ3v) is 6.18.